The number of carbonyl (C=O) groups excluding carboxylic acids is 1. The number of carbonyl (C=O) groups is 1. The van der Waals surface area contributed by atoms with E-state index in [9.17, 15) is 4.79 Å². The molecular weight excluding hydrogens is 158 g/mol. The molecule has 72 valence electrons. The van der Waals surface area contributed by atoms with Crippen molar-refractivity contribution >= 4 is 6.09 Å². The smallest absolute Gasteiger partial charge is 0.408 e. The first-order valence-electron chi connectivity index (χ1n) is 3.80. The SMILES string of the molecule is CC(C)(C)OC(=O)N[C@H](N)CN. The average molecular weight is 175 g/mol. The van der Waals surface area contributed by atoms with Gasteiger partial charge in [0.2, 0.25) is 0 Å². The van der Waals surface area contributed by atoms with E-state index in [-0.39, 0.29) is 6.54 Å². The molecule has 0 aromatic carbocycles. The van der Waals surface area contributed by atoms with Crippen LogP contribution >= 0.6 is 0 Å². The molecule has 0 heterocycles. The summed E-state index contributed by atoms with van der Waals surface area (Å²) in [4.78, 5) is 11.0. The minimum Gasteiger partial charge on any atom is -0.444 e. The Kier molecular flexibility index (Phi) is 3.99. The van der Waals surface area contributed by atoms with E-state index in [2.05, 4.69) is 5.32 Å². The van der Waals surface area contributed by atoms with Gasteiger partial charge in [0.25, 0.3) is 0 Å². The van der Waals surface area contributed by atoms with Crippen molar-refractivity contribution in [3.8, 4) is 0 Å². The van der Waals surface area contributed by atoms with Gasteiger partial charge in [0, 0.05) is 6.54 Å². The van der Waals surface area contributed by atoms with Crippen LogP contribution in [0, 0.1) is 0 Å². The number of alkyl carbamates (subject to hydrolysis) is 1. The summed E-state index contributed by atoms with van der Waals surface area (Å²) in [5, 5.41) is 2.38. The number of nitrogens with one attached hydrogen (secondary N) is 1. The van der Waals surface area contributed by atoms with Gasteiger partial charge in [0.1, 0.15) is 5.60 Å². The zero-order chi connectivity index (χ0) is 9.78. The summed E-state index contributed by atoms with van der Waals surface area (Å²) in [5.41, 5.74) is 10.0. The van der Waals surface area contributed by atoms with E-state index < -0.39 is 17.9 Å². The number of rotatable bonds is 2. The van der Waals surface area contributed by atoms with Crippen LogP contribution in [0.15, 0.2) is 0 Å². The van der Waals surface area contributed by atoms with E-state index in [1.54, 1.807) is 20.8 Å². The highest BCUT2D eigenvalue weighted by molar-refractivity contribution is 5.67. The normalized spacial score (nSPS) is 13.8. The van der Waals surface area contributed by atoms with Gasteiger partial charge in [-0.3, -0.25) is 0 Å². The van der Waals surface area contributed by atoms with Gasteiger partial charge in [-0.25, -0.2) is 4.79 Å². The molecule has 5 nitrogen and oxygen atoms in total. The second-order valence-electron chi connectivity index (χ2n) is 3.49. The molecule has 0 aliphatic heterocycles. The summed E-state index contributed by atoms with van der Waals surface area (Å²) in [6, 6.07) is 0. The van der Waals surface area contributed by atoms with Crippen LogP contribution in [-0.4, -0.2) is 24.4 Å². The molecule has 0 unspecified atom stereocenters. The molecule has 1 atom stereocenters. The van der Waals surface area contributed by atoms with Crippen molar-refractivity contribution in [2.24, 2.45) is 11.5 Å². The number of hydrogen-bond donors (Lipinski definition) is 3. The molecular formula is C7H17N3O2. The third kappa shape index (κ3) is 5.94. The molecule has 1 amide bonds. The van der Waals surface area contributed by atoms with E-state index >= 15 is 0 Å². The minimum absolute atomic E-state index is 0.194. The summed E-state index contributed by atoms with van der Waals surface area (Å²) in [6.45, 7) is 5.53. The third-order valence-electron chi connectivity index (χ3n) is 0.956. The Labute approximate surface area is 72.4 Å². The fourth-order valence-electron chi connectivity index (χ4n) is 0.518. The highest BCUT2D eigenvalue weighted by Crippen LogP contribution is 2.06. The largest absolute Gasteiger partial charge is 0.444 e. The van der Waals surface area contributed by atoms with Crippen LogP contribution in [0.1, 0.15) is 20.8 Å². The fourth-order valence-corrected chi connectivity index (χ4v) is 0.518. The molecule has 0 fully saturated rings. The van der Waals surface area contributed by atoms with Gasteiger partial charge in [-0.2, -0.15) is 0 Å². The Bertz CT molecular complexity index is 153. The summed E-state index contributed by atoms with van der Waals surface area (Å²) in [6.07, 6.45) is -1.08. The van der Waals surface area contributed by atoms with Crippen molar-refractivity contribution in [1.29, 1.82) is 0 Å². The standard InChI is InChI=1S/C7H17N3O2/c1-7(2,3)12-6(11)10-5(9)4-8/h5H,4,8-9H2,1-3H3,(H,10,11)/t5-/m0/s1. The van der Waals surface area contributed by atoms with Crippen molar-refractivity contribution in [3.05, 3.63) is 0 Å². The van der Waals surface area contributed by atoms with E-state index in [1.165, 1.54) is 0 Å². The van der Waals surface area contributed by atoms with Gasteiger partial charge in [0.05, 0.1) is 6.17 Å². The van der Waals surface area contributed by atoms with E-state index in [0.717, 1.165) is 0 Å². The lowest BCUT2D eigenvalue weighted by Crippen LogP contribution is -2.48. The van der Waals surface area contributed by atoms with Crippen LogP contribution in [0.3, 0.4) is 0 Å². The highest BCUT2D eigenvalue weighted by Gasteiger charge is 2.16. The van der Waals surface area contributed by atoms with Crippen molar-refractivity contribution in [2.75, 3.05) is 6.54 Å². The van der Waals surface area contributed by atoms with Crippen molar-refractivity contribution < 1.29 is 9.53 Å². The van der Waals surface area contributed by atoms with Crippen molar-refractivity contribution in [2.45, 2.75) is 32.5 Å². The zero-order valence-electron chi connectivity index (χ0n) is 7.76. The topological polar surface area (TPSA) is 90.4 Å². The Morgan fingerprint density at radius 1 is 1.58 bits per heavy atom. The van der Waals surface area contributed by atoms with Gasteiger partial charge in [-0.15, -0.1) is 0 Å². The molecule has 0 saturated carbocycles. The third-order valence-corrected chi connectivity index (χ3v) is 0.956. The molecule has 0 saturated heterocycles. The zero-order valence-corrected chi connectivity index (χ0v) is 7.76. The Morgan fingerprint density at radius 3 is 2.42 bits per heavy atom. The van der Waals surface area contributed by atoms with Crippen LogP contribution in [-0.2, 0) is 4.74 Å². The number of amides is 1. The van der Waals surface area contributed by atoms with Gasteiger partial charge < -0.3 is 21.5 Å². The van der Waals surface area contributed by atoms with Crippen LogP contribution in [0.2, 0.25) is 0 Å². The van der Waals surface area contributed by atoms with E-state index in [4.69, 9.17) is 16.2 Å². The van der Waals surface area contributed by atoms with Gasteiger partial charge in [-0.1, -0.05) is 0 Å². The van der Waals surface area contributed by atoms with E-state index in [1.807, 2.05) is 0 Å². The minimum atomic E-state index is -0.542. The molecule has 0 aromatic rings. The number of nitrogens with two attached hydrogens (primary N) is 2. The fraction of sp³-hybridized carbons (Fsp3) is 0.857. The Morgan fingerprint density at radius 2 is 2.08 bits per heavy atom. The quantitative estimate of drug-likeness (QED) is 0.505. The maximum atomic E-state index is 11.0. The maximum absolute atomic E-state index is 11.0. The Balaban J connectivity index is 3.75. The van der Waals surface area contributed by atoms with Crippen LogP contribution in [0.25, 0.3) is 0 Å². The first-order valence-corrected chi connectivity index (χ1v) is 3.80. The van der Waals surface area contributed by atoms with Crippen LogP contribution in [0.5, 0.6) is 0 Å². The Hall–Kier alpha value is -0.810. The van der Waals surface area contributed by atoms with Crippen LogP contribution in [0.4, 0.5) is 4.79 Å². The second kappa shape index (κ2) is 4.27. The lowest BCUT2D eigenvalue weighted by molar-refractivity contribution is 0.0507. The van der Waals surface area contributed by atoms with Crippen molar-refractivity contribution in [3.63, 3.8) is 0 Å². The second-order valence-corrected chi connectivity index (χ2v) is 3.49. The average Bonchev–Trinajstić information content (AvgIpc) is 1.82. The highest BCUT2D eigenvalue weighted by atomic mass is 16.6. The van der Waals surface area contributed by atoms with Gasteiger partial charge in [-0.05, 0) is 20.8 Å². The molecule has 0 aliphatic rings. The molecule has 0 spiro atoms. The molecule has 0 aromatic heterocycles. The summed E-state index contributed by atoms with van der Waals surface area (Å²) in [5.74, 6) is 0. The number of hydrogen-bond acceptors (Lipinski definition) is 4. The predicted octanol–water partition coefficient (Wildman–Crippen LogP) is -0.245. The molecule has 0 aliphatic carbocycles. The maximum Gasteiger partial charge on any atom is 0.408 e. The van der Waals surface area contributed by atoms with Crippen LogP contribution < -0.4 is 16.8 Å². The first kappa shape index (κ1) is 11.2. The molecule has 12 heavy (non-hydrogen) atoms. The molecule has 0 rings (SSSR count). The van der Waals surface area contributed by atoms with Gasteiger partial charge in [0.15, 0.2) is 0 Å². The lowest BCUT2D eigenvalue weighted by Gasteiger charge is -2.21. The molecule has 0 radical (unpaired) electrons. The molecule has 0 bridgehead atoms. The monoisotopic (exact) mass is 175 g/mol. The predicted molar refractivity (Wildman–Crippen MR) is 46.4 cm³/mol. The summed E-state index contributed by atoms with van der Waals surface area (Å²) in [7, 11) is 0. The lowest BCUT2D eigenvalue weighted by atomic mass is 10.2. The first-order chi connectivity index (χ1) is 5.35. The van der Waals surface area contributed by atoms with E-state index in [0.29, 0.717) is 0 Å². The molecule has 5 heteroatoms. The number of ether oxygens (including phenoxy) is 1. The molecule has 5 N–H and O–H groups in total. The van der Waals surface area contributed by atoms with Crippen molar-refractivity contribution in [1.82, 2.24) is 5.32 Å². The van der Waals surface area contributed by atoms with Gasteiger partial charge >= 0.3 is 6.09 Å². The summed E-state index contributed by atoms with van der Waals surface area (Å²) >= 11 is 0. The summed E-state index contributed by atoms with van der Waals surface area (Å²) < 4.78 is 4.92.